The molecule has 2 unspecified atom stereocenters. The van der Waals surface area contributed by atoms with E-state index in [1.54, 1.807) is 18.2 Å². The van der Waals surface area contributed by atoms with Crippen LogP contribution in [0.25, 0.3) is 0 Å². The highest BCUT2D eigenvalue weighted by Crippen LogP contribution is 2.33. The number of anilines is 1. The predicted molar refractivity (Wildman–Crippen MR) is 108 cm³/mol. The number of carboxylic acid groups (broad SMARTS) is 1. The predicted octanol–water partition coefficient (Wildman–Crippen LogP) is 4.19. The maximum atomic E-state index is 13.9. The van der Waals surface area contributed by atoms with Gasteiger partial charge in [-0.25, -0.2) is 8.78 Å². The van der Waals surface area contributed by atoms with Crippen molar-refractivity contribution in [1.29, 1.82) is 0 Å². The summed E-state index contributed by atoms with van der Waals surface area (Å²) in [5.74, 6) is -0.633. The molecule has 4 nitrogen and oxygen atoms in total. The Kier molecular flexibility index (Phi) is 6.10. The van der Waals surface area contributed by atoms with E-state index in [1.165, 1.54) is 29.2 Å². The fourth-order valence-corrected chi connectivity index (χ4v) is 4.03. The van der Waals surface area contributed by atoms with Gasteiger partial charge >= 0.3 is 0 Å². The number of hydrogen-bond donors (Lipinski definition) is 1. The Morgan fingerprint density at radius 2 is 1.79 bits per heavy atom. The van der Waals surface area contributed by atoms with Gasteiger partial charge in [0.25, 0.3) is 0 Å². The maximum Gasteiger partial charge on any atom is 0.137 e. The molecule has 0 spiro atoms. The molecule has 1 heterocycles. The summed E-state index contributed by atoms with van der Waals surface area (Å²) < 4.78 is 27.1. The summed E-state index contributed by atoms with van der Waals surface area (Å²) in [7, 11) is 0. The molecule has 0 bridgehead atoms. The molecule has 1 N–H and O–H groups in total. The number of carbonyl (C=O) groups excluding carboxylic acids is 1. The van der Waals surface area contributed by atoms with Crippen molar-refractivity contribution in [3.05, 3.63) is 65.2 Å². The minimum Gasteiger partial charge on any atom is -0.530 e. The summed E-state index contributed by atoms with van der Waals surface area (Å²) in [6.45, 7) is 6.46. The van der Waals surface area contributed by atoms with Crippen LogP contribution in [0.5, 0.6) is 0 Å². The molecule has 1 aliphatic rings. The van der Waals surface area contributed by atoms with Gasteiger partial charge in [-0.15, -0.1) is 0 Å². The van der Waals surface area contributed by atoms with Crippen molar-refractivity contribution < 1.29 is 18.7 Å². The zero-order valence-electron chi connectivity index (χ0n) is 17.0. The number of nitrogens with zero attached hydrogens (tertiary/aromatic N) is 1. The number of halogens is 2. The van der Waals surface area contributed by atoms with E-state index in [-0.39, 0.29) is 29.1 Å². The molecule has 0 aliphatic carbocycles. The second-order valence-electron chi connectivity index (χ2n) is 8.81. The number of likely N-dealkylation sites (tertiary alicyclic amines) is 1. The van der Waals surface area contributed by atoms with Crippen LogP contribution in [-0.2, 0) is 6.42 Å². The van der Waals surface area contributed by atoms with Crippen LogP contribution in [-0.4, -0.2) is 29.6 Å². The first-order chi connectivity index (χ1) is 13.6. The molecule has 0 aromatic heterocycles. The summed E-state index contributed by atoms with van der Waals surface area (Å²) in [6, 6.07) is 10.7. The van der Waals surface area contributed by atoms with Crippen molar-refractivity contribution in [3.63, 3.8) is 0 Å². The summed E-state index contributed by atoms with van der Waals surface area (Å²) in [5.41, 5.74) is 2.26. The topological polar surface area (TPSA) is 55.4 Å². The van der Waals surface area contributed by atoms with Crippen molar-refractivity contribution in [2.75, 3.05) is 11.9 Å². The third-order valence-electron chi connectivity index (χ3n) is 5.57. The SMILES string of the molecule is CC(C)(C)C1CC(Nc2ccc(F)cc2Cc2ccc(F)cc2)CCN1C(=O)[O-]. The molecule has 6 heteroatoms. The van der Waals surface area contributed by atoms with Gasteiger partial charge in [-0.3, -0.25) is 0 Å². The van der Waals surface area contributed by atoms with Crippen molar-refractivity contribution >= 4 is 11.8 Å². The van der Waals surface area contributed by atoms with Gasteiger partial charge in [0.05, 0.1) is 0 Å². The molecule has 1 aliphatic heterocycles. The van der Waals surface area contributed by atoms with E-state index in [0.717, 1.165) is 16.8 Å². The van der Waals surface area contributed by atoms with Gasteiger partial charge in [0.15, 0.2) is 0 Å². The van der Waals surface area contributed by atoms with Gasteiger partial charge in [0.2, 0.25) is 0 Å². The maximum absolute atomic E-state index is 13.9. The Morgan fingerprint density at radius 1 is 1.14 bits per heavy atom. The van der Waals surface area contributed by atoms with E-state index in [0.29, 0.717) is 25.8 Å². The van der Waals surface area contributed by atoms with Gasteiger partial charge in [0.1, 0.15) is 17.7 Å². The van der Waals surface area contributed by atoms with Gasteiger partial charge in [-0.05, 0) is 66.1 Å². The molecule has 2 atom stereocenters. The zero-order valence-corrected chi connectivity index (χ0v) is 17.0. The van der Waals surface area contributed by atoms with Crippen LogP contribution < -0.4 is 10.4 Å². The molecule has 1 amide bonds. The third-order valence-corrected chi connectivity index (χ3v) is 5.57. The highest BCUT2D eigenvalue weighted by molar-refractivity contribution is 5.63. The van der Waals surface area contributed by atoms with E-state index in [9.17, 15) is 18.7 Å². The Labute approximate surface area is 170 Å². The first-order valence-corrected chi connectivity index (χ1v) is 9.90. The fourth-order valence-electron chi connectivity index (χ4n) is 4.03. The Balaban J connectivity index is 1.79. The number of carbonyl (C=O) groups is 1. The third kappa shape index (κ3) is 5.25. The van der Waals surface area contributed by atoms with Crippen molar-refractivity contribution in [1.82, 2.24) is 4.90 Å². The summed E-state index contributed by atoms with van der Waals surface area (Å²) in [4.78, 5) is 12.9. The monoisotopic (exact) mass is 401 g/mol. The average molecular weight is 401 g/mol. The molecule has 0 saturated carbocycles. The number of piperidine rings is 1. The van der Waals surface area contributed by atoms with E-state index >= 15 is 0 Å². The standard InChI is InChI=1S/C23H28F2N2O2/c1-23(2,3)21-14-19(10-11-27(21)22(28)29)26-20-9-8-18(25)13-16(20)12-15-4-6-17(24)7-5-15/h4-9,13,19,21,26H,10-12,14H2,1-3H3,(H,28,29)/p-1. The quantitative estimate of drug-likeness (QED) is 0.836. The highest BCUT2D eigenvalue weighted by atomic mass is 19.1. The lowest BCUT2D eigenvalue weighted by Crippen LogP contribution is -2.57. The molecule has 1 fully saturated rings. The van der Waals surface area contributed by atoms with Gasteiger partial charge < -0.3 is 20.1 Å². The minimum absolute atomic E-state index is 0.0623. The molecule has 156 valence electrons. The summed E-state index contributed by atoms with van der Waals surface area (Å²) in [6.07, 6.45) is 0.627. The van der Waals surface area contributed by atoms with Gasteiger partial charge in [-0.1, -0.05) is 32.9 Å². The van der Waals surface area contributed by atoms with Crippen molar-refractivity contribution in [2.45, 2.75) is 52.1 Å². The fraction of sp³-hybridized carbons (Fsp3) is 0.435. The van der Waals surface area contributed by atoms with E-state index in [4.69, 9.17) is 0 Å². The van der Waals surface area contributed by atoms with E-state index in [2.05, 4.69) is 5.32 Å². The van der Waals surface area contributed by atoms with Crippen LogP contribution in [0.2, 0.25) is 0 Å². The number of rotatable bonds is 4. The lowest BCUT2D eigenvalue weighted by atomic mass is 9.79. The van der Waals surface area contributed by atoms with Gasteiger partial charge in [0, 0.05) is 24.3 Å². The van der Waals surface area contributed by atoms with Crippen molar-refractivity contribution in [3.8, 4) is 0 Å². The van der Waals surface area contributed by atoms with Gasteiger partial charge in [-0.2, -0.15) is 0 Å². The van der Waals surface area contributed by atoms with Crippen LogP contribution in [0.15, 0.2) is 42.5 Å². The number of amides is 1. The molecule has 0 radical (unpaired) electrons. The first kappa shape index (κ1) is 21.1. The second-order valence-corrected chi connectivity index (χ2v) is 8.81. The molecular weight excluding hydrogens is 374 g/mol. The molecular formula is C23H27F2N2O2-. The molecule has 3 rings (SSSR count). The van der Waals surface area contributed by atoms with E-state index < -0.39 is 6.09 Å². The van der Waals surface area contributed by atoms with Crippen LogP contribution >= 0.6 is 0 Å². The van der Waals surface area contributed by atoms with E-state index in [1.807, 2.05) is 20.8 Å². The number of nitrogens with one attached hydrogen (secondary N) is 1. The van der Waals surface area contributed by atoms with Crippen LogP contribution in [0.3, 0.4) is 0 Å². The lowest BCUT2D eigenvalue weighted by Gasteiger charge is -2.47. The molecule has 2 aromatic carbocycles. The zero-order chi connectivity index (χ0) is 21.2. The van der Waals surface area contributed by atoms with Crippen LogP contribution in [0, 0.1) is 17.0 Å². The Bertz CT molecular complexity index is 862. The van der Waals surface area contributed by atoms with Crippen LogP contribution in [0.1, 0.15) is 44.7 Å². The molecule has 1 saturated heterocycles. The van der Waals surface area contributed by atoms with Crippen molar-refractivity contribution in [2.24, 2.45) is 5.41 Å². The lowest BCUT2D eigenvalue weighted by molar-refractivity contribution is -0.271. The second kappa shape index (κ2) is 8.39. The molecule has 29 heavy (non-hydrogen) atoms. The first-order valence-electron chi connectivity index (χ1n) is 9.90. The minimum atomic E-state index is -1.14. The molecule has 2 aromatic rings. The summed E-state index contributed by atoms with van der Waals surface area (Å²) in [5, 5.41) is 15.0. The number of hydrogen-bond acceptors (Lipinski definition) is 3. The highest BCUT2D eigenvalue weighted by Gasteiger charge is 2.36. The Morgan fingerprint density at radius 3 is 2.41 bits per heavy atom. The normalized spacial score (nSPS) is 19.8. The average Bonchev–Trinajstić information content (AvgIpc) is 2.65. The smallest absolute Gasteiger partial charge is 0.137 e. The van der Waals surface area contributed by atoms with Crippen LogP contribution in [0.4, 0.5) is 19.3 Å². The largest absolute Gasteiger partial charge is 0.530 e. The number of benzene rings is 2. The summed E-state index contributed by atoms with van der Waals surface area (Å²) >= 11 is 0. The Hall–Kier alpha value is -2.63.